The number of hydrogen-bond donors (Lipinski definition) is 0. The molecule has 0 amide bonds. The van der Waals surface area contributed by atoms with Crippen molar-refractivity contribution in [3.8, 4) is 0 Å². The minimum absolute atomic E-state index is 1.02. The van der Waals surface area contributed by atoms with Gasteiger partial charge in [-0.05, 0) is 5.92 Å². The Kier molecular flexibility index (Phi) is 25.0. The molecule has 0 spiro atoms. The van der Waals surface area contributed by atoms with Crippen molar-refractivity contribution < 1.29 is 0 Å². The van der Waals surface area contributed by atoms with Gasteiger partial charge in [0, 0.05) is 0 Å². The third-order valence-corrected chi connectivity index (χ3v) is 6.76. The lowest BCUT2D eigenvalue weighted by molar-refractivity contribution is 0.393. The first-order valence-electron chi connectivity index (χ1n) is 13.8. The van der Waals surface area contributed by atoms with Crippen LogP contribution < -0.4 is 0 Å². The molecule has 0 bridgehead atoms. The molecule has 0 radical (unpaired) electrons. The van der Waals surface area contributed by atoms with Gasteiger partial charge in [-0.25, -0.2) is 0 Å². The molecular formula is C28H58. The van der Waals surface area contributed by atoms with Gasteiger partial charge < -0.3 is 0 Å². The quantitative estimate of drug-likeness (QED) is 0.143. The van der Waals surface area contributed by atoms with Gasteiger partial charge in [-0.2, -0.15) is 0 Å². The highest BCUT2D eigenvalue weighted by Crippen LogP contribution is 2.21. The number of unbranched alkanes of at least 4 members (excludes halogenated alkanes) is 19. The fourth-order valence-electron chi connectivity index (χ4n) is 4.57. The molecule has 0 aliphatic heterocycles. The molecule has 0 heteroatoms. The first kappa shape index (κ1) is 28.0. The summed E-state index contributed by atoms with van der Waals surface area (Å²) in [5, 5.41) is 0. The molecule has 1 unspecified atom stereocenters. The molecule has 0 aromatic rings. The zero-order valence-electron chi connectivity index (χ0n) is 20.5. The van der Waals surface area contributed by atoms with Gasteiger partial charge in [-0.1, -0.05) is 175 Å². The van der Waals surface area contributed by atoms with Crippen molar-refractivity contribution in [1.29, 1.82) is 0 Å². The maximum Gasteiger partial charge on any atom is -0.0417 e. The fourth-order valence-corrected chi connectivity index (χ4v) is 4.57. The summed E-state index contributed by atoms with van der Waals surface area (Å²) in [5.74, 6) is 1.02. The SMILES string of the molecule is CCCCCCCCCCCCCCCCCCC(CC)CCCCCCC. The van der Waals surface area contributed by atoms with E-state index in [4.69, 9.17) is 0 Å². The maximum atomic E-state index is 2.41. The highest BCUT2D eigenvalue weighted by atomic mass is 14.1. The third kappa shape index (κ3) is 22.3. The second-order valence-corrected chi connectivity index (χ2v) is 9.57. The summed E-state index contributed by atoms with van der Waals surface area (Å²) in [4.78, 5) is 0. The van der Waals surface area contributed by atoms with Crippen molar-refractivity contribution in [3.05, 3.63) is 0 Å². The zero-order valence-corrected chi connectivity index (χ0v) is 20.5. The van der Waals surface area contributed by atoms with Crippen LogP contribution in [0.5, 0.6) is 0 Å². The molecule has 0 saturated heterocycles. The van der Waals surface area contributed by atoms with Crippen LogP contribution in [0.2, 0.25) is 0 Å². The van der Waals surface area contributed by atoms with Crippen LogP contribution in [0.1, 0.15) is 175 Å². The number of rotatable bonds is 24. The van der Waals surface area contributed by atoms with Gasteiger partial charge in [-0.15, -0.1) is 0 Å². The number of hydrogen-bond acceptors (Lipinski definition) is 0. The van der Waals surface area contributed by atoms with E-state index >= 15 is 0 Å². The first-order chi connectivity index (χ1) is 13.8. The molecule has 1 atom stereocenters. The third-order valence-electron chi connectivity index (χ3n) is 6.76. The summed E-state index contributed by atoms with van der Waals surface area (Å²) in [6.45, 7) is 7.02. The Labute approximate surface area is 181 Å². The molecule has 0 rings (SSSR count). The standard InChI is InChI=1S/C28H58/c1-4-7-9-11-12-13-14-15-16-17-18-19-20-21-23-25-27-28(6-3)26-24-22-10-8-5-2/h28H,4-27H2,1-3H3. The first-order valence-corrected chi connectivity index (χ1v) is 13.8. The Hall–Kier alpha value is 0. The molecule has 0 fully saturated rings. The van der Waals surface area contributed by atoms with Crippen LogP contribution >= 0.6 is 0 Å². The van der Waals surface area contributed by atoms with Crippen molar-refractivity contribution in [3.63, 3.8) is 0 Å². The Morgan fingerprint density at radius 1 is 0.321 bits per heavy atom. The fraction of sp³-hybridized carbons (Fsp3) is 1.00. The Balaban J connectivity index is 3.19. The van der Waals surface area contributed by atoms with Gasteiger partial charge in [0.05, 0.1) is 0 Å². The predicted molar refractivity (Wildman–Crippen MR) is 131 cm³/mol. The topological polar surface area (TPSA) is 0 Å². The molecule has 170 valence electrons. The van der Waals surface area contributed by atoms with Crippen LogP contribution in [0, 0.1) is 5.92 Å². The molecule has 0 saturated carbocycles. The molecule has 0 aliphatic rings. The lowest BCUT2D eigenvalue weighted by Gasteiger charge is -2.14. The van der Waals surface area contributed by atoms with E-state index in [1.807, 2.05) is 0 Å². The Morgan fingerprint density at radius 3 is 0.821 bits per heavy atom. The largest absolute Gasteiger partial charge is 0.0654 e. The van der Waals surface area contributed by atoms with Crippen LogP contribution in [0.25, 0.3) is 0 Å². The minimum atomic E-state index is 1.02. The zero-order chi connectivity index (χ0) is 20.5. The average molecular weight is 395 g/mol. The van der Waals surface area contributed by atoms with Gasteiger partial charge >= 0.3 is 0 Å². The molecule has 0 nitrogen and oxygen atoms in total. The Bertz CT molecular complexity index is 257. The van der Waals surface area contributed by atoms with E-state index in [0.717, 1.165) is 5.92 Å². The van der Waals surface area contributed by atoms with E-state index < -0.39 is 0 Å². The molecule has 0 aliphatic carbocycles. The molecule has 0 aromatic carbocycles. The van der Waals surface area contributed by atoms with Gasteiger partial charge in [-0.3, -0.25) is 0 Å². The normalized spacial score (nSPS) is 12.5. The van der Waals surface area contributed by atoms with E-state index in [2.05, 4.69) is 20.8 Å². The molecule has 28 heavy (non-hydrogen) atoms. The second-order valence-electron chi connectivity index (χ2n) is 9.57. The van der Waals surface area contributed by atoms with E-state index in [1.165, 1.54) is 154 Å². The van der Waals surface area contributed by atoms with Gasteiger partial charge in [0.1, 0.15) is 0 Å². The predicted octanol–water partition coefficient (Wildman–Crippen LogP) is 11.0. The summed E-state index contributed by atoms with van der Waals surface area (Å²) in [6.07, 6.45) is 35.3. The minimum Gasteiger partial charge on any atom is -0.0654 e. The monoisotopic (exact) mass is 394 g/mol. The average Bonchev–Trinajstić information content (AvgIpc) is 2.71. The van der Waals surface area contributed by atoms with Gasteiger partial charge in [0.2, 0.25) is 0 Å². The van der Waals surface area contributed by atoms with Crippen molar-refractivity contribution >= 4 is 0 Å². The summed E-state index contributed by atoms with van der Waals surface area (Å²) in [5.41, 5.74) is 0. The van der Waals surface area contributed by atoms with E-state index in [0.29, 0.717) is 0 Å². The van der Waals surface area contributed by atoms with Crippen LogP contribution in [0.3, 0.4) is 0 Å². The van der Waals surface area contributed by atoms with Crippen LogP contribution in [0.4, 0.5) is 0 Å². The molecule has 0 heterocycles. The van der Waals surface area contributed by atoms with Gasteiger partial charge in [0.25, 0.3) is 0 Å². The molecule has 0 aromatic heterocycles. The van der Waals surface area contributed by atoms with E-state index in [-0.39, 0.29) is 0 Å². The molecular weight excluding hydrogens is 336 g/mol. The second kappa shape index (κ2) is 25.0. The summed E-state index contributed by atoms with van der Waals surface area (Å²) in [7, 11) is 0. The van der Waals surface area contributed by atoms with Crippen LogP contribution in [0.15, 0.2) is 0 Å². The van der Waals surface area contributed by atoms with Crippen LogP contribution in [-0.4, -0.2) is 0 Å². The van der Waals surface area contributed by atoms with E-state index in [1.54, 1.807) is 0 Å². The summed E-state index contributed by atoms with van der Waals surface area (Å²) < 4.78 is 0. The highest BCUT2D eigenvalue weighted by molar-refractivity contribution is 4.59. The van der Waals surface area contributed by atoms with Crippen molar-refractivity contribution in [2.24, 2.45) is 5.92 Å². The lowest BCUT2D eigenvalue weighted by Crippen LogP contribution is -1.99. The van der Waals surface area contributed by atoms with Crippen molar-refractivity contribution in [1.82, 2.24) is 0 Å². The Morgan fingerprint density at radius 2 is 0.571 bits per heavy atom. The van der Waals surface area contributed by atoms with Crippen molar-refractivity contribution in [2.75, 3.05) is 0 Å². The molecule has 0 N–H and O–H groups in total. The summed E-state index contributed by atoms with van der Waals surface area (Å²) >= 11 is 0. The van der Waals surface area contributed by atoms with E-state index in [9.17, 15) is 0 Å². The highest BCUT2D eigenvalue weighted by Gasteiger charge is 2.05. The smallest absolute Gasteiger partial charge is 0.0417 e. The van der Waals surface area contributed by atoms with Crippen molar-refractivity contribution in [2.45, 2.75) is 175 Å². The lowest BCUT2D eigenvalue weighted by atomic mass is 9.92. The summed E-state index contributed by atoms with van der Waals surface area (Å²) in [6, 6.07) is 0. The maximum absolute atomic E-state index is 2.41. The van der Waals surface area contributed by atoms with Gasteiger partial charge in [0.15, 0.2) is 0 Å². The van der Waals surface area contributed by atoms with Crippen LogP contribution in [-0.2, 0) is 0 Å².